The summed E-state index contributed by atoms with van der Waals surface area (Å²) in [4.78, 5) is 50.7. The molecule has 0 bridgehead atoms. The van der Waals surface area contributed by atoms with Gasteiger partial charge in [-0.05, 0) is 0 Å². The lowest BCUT2D eigenvalue weighted by atomic mass is 10.3. The lowest BCUT2D eigenvalue weighted by molar-refractivity contribution is -0.149. The van der Waals surface area contributed by atoms with E-state index in [0.29, 0.717) is 0 Å². The molecular weight excluding hydrogens is 315 g/mol. The number of carbonyl (C=O) groups is 3. The molecule has 0 aliphatic carbocycles. The largest absolute Gasteiger partial charge is 0.460 e. The lowest BCUT2D eigenvalue weighted by Gasteiger charge is -2.17. The Hall–Kier alpha value is -1.60. The third kappa shape index (κ3) is 11.1. The summed E-state index contributed by atoms with van der Waals surface area (Å²) in [5.41, 5.74) is 0. The van der Waals surface area contributed by atoms with Crippen LogP contribution in [-0.4, -0.2) is 59.6 Å². The smallest absolute Gasteiger partial charge is 0.330 e. The zero-order valence-corrected chi connectivity index (χ0v) is 12.9. The minimum atomic E-state index is -2.27. The van der Waals surface area contributed by atoms with Crippen LogP contribution in [0, 0.1) is 0 Å². The molecule has 124 valence electrons. The van der Waals surface area contributed by atoms with Gasteiger partial charge in [-0.15, -0.1) is 0 Å². The van der Waals surface area contributed by atoms with Crippen LogP contribution in [0.25, 0.3) is 0 Å². The quantitative estimate of drug-likeness (QED) is 0.293. The van der Waals surface area contributed by atoms with E-state index in [9.17, 15) is 14.4 Å². The standard InChI is InChI=1S/C13H19O8P/c1-3-12(15)20-7-11(8-21-13(16)4-2)19-6-5-10(14)9-22(17)18/h3-4,11,17-18H,1-2,5-9H2. The SMILES string of the molecule is C=CC(=O)OCC(COC(=O)C=C)OCCC(=O)CP(O)O. The number of carbonyl (C=O) groups excluding carboxylic acids is 3. The van der Waals surface area contributed by atoms with Crippen molar-refractivity contribution in [1.82, 2.24) is 0 Å². The molecule has 2 N–H and O–H groups in total. The van der Waals surface area contributed by atoms with E-state index in [2.05, 4.69) is 13.2 Å². The molecule has 0 aromatic heterocycles. The maximum atomic E-state index is 11.3. The van der Waals surface area contributed by atoms with Gasteiger partial charge in [-0.25, -0.2) is 9.59 Å². The van der Waals surface area contributed by atoms with Crippen LogP contribution >= 0.6 is 8.38 Å². The van der Waals surface area contributed by atoms with Crippen molar-refractivity contribution in [1.29, 1.82) is 0 Å². The Kier molecular flexibility index (Phi) is 11.1. The average Bonchev–Trinajstić information content (AvgIpc) is 2.47. The first kappa shape index (κ1) is 20.4. The third-order valence-corrected chi connectivity index (χ3v) is 2.84. The van der Waals surface area contributed by atoms with E-state index in [1.807, 2.05) is 0 Å². The van der Waals surface area contributed by atoms with Crippen LogP contribution in [0.4, 0.5) is 0 Å². The zero-order chi connectivity index (χ0) is 17.0. The van der Waals surface area contributed by atoms with Crippen molar-refractivity contribution < 1.29 is 38.4 Å². The molecule has 0 radical (unpaired) electrons. The van der Waals surface area contributed by atoms with Crippen LogP contribution in [-0.2, 0) is 28.6 Å². The summed E-state index contributed by atoms with van der Waals surface area (Å²) in [6.07, 6.45) is 0.814. The number of ketones is 1. The van der Waals surface area contributed by atoms with Gasteiger partial charge in [-0.2, -0.15) is 0 Å². The highest BCUT2D eigenvalue weighted by Crippen LogP contribution is 2.22. The molecule has 0 unspecified atom stereocenters. The van der Waals surface area contributed by atoms with Gasteiger partial charge in [0.05, 0.1) is 12.8 Å². The summed E-state index contributed by atoms with van der Waals surface area (Å²) in [6.45, 7) is 6.06. The molecule has 0 saturated carbocycles. The Balaban J connectivity index is 4.23. The molecule has 0 amide bonds. The fourth-order valence-electron chi connectivity index (χ4n) is 1.19. The Bertz CT molecular complexity index is 383. The first-order valence-corrected chi connectivity index (χ1v) is 7.69. The van der Waals surface area contributed by atoms with Crippen LogP contribution < -0.4 is 0 Å². The van der Waals surface area contributed by atoms with Crippen LogP contribution in [0.5, 0.6) is 0 Å². The molecule has 8 nitrogen and oxygen atoms in total. The fraction of sp³-hybridized carbons (Fsp3) is 0.462. The van der Waals surface area contributed by atoms with E-state index in [0.717, 1.165) is 12.2 Å². The summed E-state index contributed by atoms with van der Waals surface area (Å²) in [7, 11) is -2.27. The maximum absolute atomic E-state index is 11.3. The van der Waals surface area contributed by atoms with Crippen molar-refractivity contribution in [3.8, 4) is 0 Å². The molecule has 0 rings (SSSR count). The van der Waals surface area contributed by atoms with Gasteiger partial charge >= 0.3 is 11.9 Å². The van der Waals surface area contributed by atoms with Crippen LogP contribution in [0.1, 0.15) is 6.42 Å². The van der Waals surface area contributed by atoms with Gasteiger partial charge in [-0.3, -0.25) is 4.79 Å². The van der Waals surface area contributed by atoms with Gasteiger partial charge in [0.25, 0.3) is 0 Å². The highest BCUT2D eigenvalue weighted by atomic mass is 31.2. The monoisotopic (exact) mass is 334 g/mol. The van der Waals surface area contributed by atoms with Gasteiger partial charge in [0.1, 0.15) is 25.1 Å². The van der Waals surface area contributed by atoms with Crippen LogP contribution in [0.15, 0.2) is 25.3 Å². The minimum absolute atomic E-state index is 0.0377. The Morgan fingerprint density at radius 2 is 1.55 bits per heavy atom. The minimum Gasteiger partial charge on any atom is -0.460 e. The molecule has 0 spiro atoms. The topological polar surface area (TPSA) is 119 Å². The number of hydrogen-bond donors (Lipinski definition) is 2. The normalized spacial score (nSPS) is 10.4. The summed E-state index contributed by atoms with van der Waals surface area (Å²) >= 11 is 0. The van der Waals surface area contributed by atoms with Crippen molar-refractivity contribution in [3.05, 3.63) is 25.3 Å². The zero-order valence-electron chi connectivity index (χ0n) is 12.0. The van der Waals surface area contributed by atoms with Crippen LogP contribution in [0.3, 0.4) is 0 Å². The summed E-state index contributed by atoms with van der Waals surface area (Å²) in [5, 5.41) is 0. The van der Waals surface area contributed by atoms with Crippen molar-refractivity contribution in [3.63, 3.8) is 0 Å². The number of rotatable bonds is 12. The molecule has 22 heavy (non-hydrogen) atoms. The molecule has 9 heteroatoms. The summed E-state index contributed by atoms with van der Waals surface area (Å²) in [5.74, 6) is -1.70. The number of hydrogen-bond acceptors (Lipinski definition) is 8. The van der Waals surface area contributed by atoms with Crippen molar-refractivity contribution in [2.24, 2.45) is 0 Å². The second-order valence-corrected chi connectivity index (χ2v) is 5.04. The van der Waals surface area contributed by atoms with E-state index in [-0.39, 0.29) is 38.2 Å². The molecule has 0 heterocycles. The maximum Gasteiger partial charge on any atom is 0.330 e. The molecule has 0 aromatic carbocycles. The predicted octanol–water partition coefficient (Wildman–Crippen LogP) is 0.0857. The molecule has 0 atom stereocenters. The van der Waals surface area contributed by atoms with E-state index < -0.39 is 26.4 Å². The first-order chi connectivity index (χ1) is 10.4. The van der Waals surface area contributed by atoms with E-state index in [1.165, 1.54) is 0 Å². The Morgan fingerprint density at radius 1 is 1.05 bits per heavy atom. The Labute approximate surface area is 129 Å². The first-order valence-electron chi connectivity index (χ1n) is 6.26. The highest BCUT2D eigenvalue weighted by Gasteiger charge is 2.15. The third-order valence-electron chi connectivity index (χ3n) is 2.21. The second-order valence-electron chi connectivity index (χ2n) is 3.98. The van der Waals surface area contributed by atoms with Crippen molar-refractivity contribution in [2.45, 2.75) is 12.5 Å². The van der Waals surface area contributed by atoms with Gasteiger partial charge < -0.3 is 24.0 Å². The molecule has 0 saturated heterocycles. The molecule has 0 fully saturated rings. The molecule has 0 aromatic rings. The molecule has 0 aliphatic heterocycles. The van der Waals surface area contributed by atoms with Gasteiger partial charge in [0.15, 0.2) is 8.38 Å². The van der Waals surface area contributed by atoms with Gasteiger partial charge in [0.2, 0.25) is 0 Å². The number of esters is 2. The van der Waals surface area contributed by atoms with Gasteiger partial charge in [-0.1, -0.05) is 13.2 Å². The van der Waals surface area contributed by atoms with Crippen molar-refractivity contribution in [2.75, 3.05) is 26.0 Å². The van der Waals surface area contributed by atoms with Crippen LogP contribution in [0.2, 0.25) is 0 Å². The lowest BCUT2D eigenvalue weighted by Crippen LogP contribution is -2.29. The second kappa shape index (κ2) is 12.0. The van der Waals surface area contributed by atoms with E-state index in [1.54, 1.807) is 0 Å². The average molecular weight is 334 g/mol. The van der Waals surface area contributed by atoms with Gasteiger partial charge in [0, 0.05) is 18.6 Å². The molecule has 0 aliphatic rings. The van der Waals surface area contributed by atoms with E-state index in [4.69, 9.17) is 24.0 Å². The van der Waals surface area contributed by atoms with E-state index >= 15 is 0 Å². The fourth-order valence-corrected chi connectivity index (χ4v) is 1.66. The molecular formula is C13H19O8P. The highest BCUT2D eigenvalue weighted by molar-refractivity contribution is 7.46. The summed E-state index contributed by atoms with van der Waals surface area (Å²) < 4.78 is 14.8. The van der Waals surface area contributed by atoms with Crippen molar-refractivity contribution >= 4 is 26.1 Å². The number of ether oxygens (including phenoxy) is 3. The summed E-state index contributed by atoms with van der Waals surface area (Å²) in [6, 6.07) is 0. The Morgan fingerprint density at radius 3 is 1.95 bits per heavy atom. The number of Topliss-reactive ketones (excluding diaryl/α,β-unsaturated/α-hetero) is 1. The predicted molar refractivity (Wildman–Crippen MR) is 77.9 cm³/mol.